The quantitative estimate of drug-likeness (QED) is 0.660. The van der Waals surface area contributed by atoms with Crippen molar-refractivity contribution in [1.82, 2.24) is 4.90 Å². The van der Waals surface area contributed by atoms with E-state index in [1.165, 1.54) is 0 Å². The predicted molar refractivity (Wildman–Crippen MR) is 52.7 cm³/mol. The van der Waals surface area contributed by atoms with Gasteiger partial charge in [0.2, 0.25) is 0 Å². The maximum Gasteiger partial charge on any atom is 0.253 e. The van der Waals surface area contributed by atoms with Gasteiger partial charge >= 0.3 is 0 Å². The summed E-state index contributed by atoms with van der Waals surface area (Å²) in [4.78, 5) is 13.1. The number of amides is 1. The lowest BCUT2D eigenvalue weighted by atomic mass is 9.82. The van der Waals surface area contributed by atoms with Crippen LogP contribution in [0.3, 0.4) is 0 Å². The molecule has 0 radical (unpaired) electrons. The molecule has 0 aromatic rings. The number of carbonyl (C=O) groups is 1. The largest absolute Gasteiger partial charge is 0.393 e. The van der Waals surface area contributed by atoms with Gasteiger partial charge in [0.15, 0.2) is 6.10 Å². The molecule has 0 saturated carbocycles. The standard InChI is InChI=1S/C10H19NO3/c1-10(2)3-5-11(6-4-10)9(14)8(13)7-12/h8,12-13H,3-7H2,1-2H3. The highest BCUT2D eigenvalue weighted by Crippen LogP contribution is 2.29. The molecule has 1 heterocycles. The first-order valence-electron chi connectivity index (χ1n) is 5.04. The Balaban J connectivity index is 2.46. The van der Waals surface area contributed by atoms with Crippen molar-refractivity contribution in [2.75, 3.05) is 19.7 Å². The van der Waals surface area contributed by atoms with E-state index >= 15 is 0 Å². The highest BCUT2D eigenvalue weighted by atomic mass is 16.3. The third kappa shape index (κ3) is 2.69. The molecule has 2 N–H and O–H groups in total. The van der Waals surface area contributed by atoms with E-state index in [0.29, 0.717) is 18.5 Å². The Morgan fingerprint density at radius 2 is 1.93 bits per heavy atom. The van der Waals surface area contributed by atoms with Crippen LogP contribution in [0, 0.1) is 5.41 Å². The van der Waals surface area contributed by atoms with E-state index in [-0.39, 0.29) is 5.91 Å². The summed E-state index contributed by atoms with van der Waals surface area (Å²) in [6.45, 7) is 5.24. The first-order valence-corrected chi connectivity index (χ1v) is 5.04. The molecule has 4 heteroatoms. The van der Waals surface area contributed by atoms with E-state index in [2.05, 4.69) is 13.8 Å². The third-order valence-electron chi connectivity index (χ3n) is 2.89. The number of likely N-dealkylation sites (tertiary alicyclic amines) is 1. The van der Waals surface area contributed by atoms with Gasteiger partial charge in [-0.2, -0.15) is 0 Å². The minimum Gasteiger partial charge on any atom is -0.393 e. The Bertz CT molecular complexity index is 205. The SMILES string of the molecule is CC1(C)CCN(C(=O)C(O)CO)CC1. The first-order chi connectivity index (χ1) is 6.46. The zero-order valence-corrected chi connectivity index (χ0v) is 8.86. The summed E-state index contributed by atoms with van der Waals surface area (Å²) in [5.74, 6) is -0.344. The van der Waals surface area contributed by atoms with Crippen molar-refractivity contribution in [2.24, 2.45) is 5.41 Å². The lowest BCUT2D eigenvalue weighted by molar-refractivity contribution is -0.144. The second-order valence-electron chi connectivity index (χ2n) is 4.69. The first kappa shape index (κ1) is 11.5. The molecule has 1 rings (SSSR count). The molecule has 1 saturated heterocycles. The summed E-state index contributed by atoms with van der Waals surface area (Å²) in [6, 6.07) is 0. The van der Waals surface area contributed by atoms with Crippen LogP contribution in [0.5, 0.6) is 0 Å². The fraction of sp³-hybridized carbons (Fsp3) is 0.900. The topological polar surface area (TPSA) is 60.8 Å². The molecule has 0 aromatic heterocycles. The summed E-state index contributed by atoms with van der Waals surface area (Å²) in [7, 11) is 0. The minimum absolute atomic E-state index is 0.293. The van der Waals surface area contributed by atoms with Crippen molar-refractivity contribution in [3.05, 3.63) is 0 Å². The van der Waals surface area contributed by atoms with Crippen LogP contribution in [-0.2, 0) is 4.79 Å². The number of hydrogen-bond acceptors (Lipinski definition) is 3. The molecule has 1 atom stereocenters. The van der Waals surface area contributed by atoms with Gasteiger partial charge in [0.05, 0.1) is 6.61 Å². The van der Waals surface area contributed by atoms with Gasteiger partial charge < -0.3 is 15.1 Å². The van der Waals surface area contributed by atoms with E-state index in [0.717, 1.165) is 12.8 Å². The summed E-state index contributed by atoms with van der Waals surface area (Å²) in [5.41, 5.74) is 0.293. The Kier molecular flexibility index (Phi) is 3.50. The molecule has 82 valence electrons. The molecule has 1 aliphatic rings. The molecule has 1 amide bonds. The number of aliphatic hydroxyl groups excluding tert-OH is 2. The van der Waals surface area contributed by atoms with Gasteiger partial charge in [-0.25, -0.2) is 0 Å². The molecule has 1 aliphatic heterocycles. The second kappa shape index (κ2) is 4.28. The average Bonchev–Trinajstić information content (AvgIpc) is 2.15. The number of rotatable bonds is 2. The molecule has 0 spiro atoms. The van der Waals surface area contributed by atoms with Gasteiger partial charge in [-0.1, -0.05) is 13.8 Å². The molecule has 1 fully saturated rings. The minimum atomic E-state index is -1.24. The summed E-state index contributed by atoms with van der Waals surface area (Å²) >= 11 is 0. The van der Waals surface area contributed by atoms with Crippen LogP contribution in [0.15, 0.2) is 0 Å². The average molecular weight is 201 g/mol. The van der Waals surface area contributed by atoms with Gasteiger partial charge in [0.1, 0.15) is 0 Å². The molecule has 0 bridgehead atoms. The lowest BCUT2D eigenvalue weighted by Gasteiger charge is -2.37. The monoisotopic (exact) mass is 201 g/mol. The highest BCUT2D eigenvalue weighted by molar-refractivity contribution is 5.80. The van der Waals surface area contributed by atoms with Crippen molar-refractivity contribution in [3.63, 3.8) is 0 Å². The van der Waals surface area contributed by atoms with Gasteiger partial charge in [0, 0.05) is 13.1 Å². The number of hydrogen-bond donors (Lipinski definition) is 2. The van der Waals surface area contributed by atoms with Crippen LogP contribution in [0.4, 0.5) is 0 Å². The summed E-state index contributed by atoms with van der Waals surface area (Å²) < 4.78 is 0. The van der Waals surface area contributed by atoms with Crippen LogP contribution in [-0.4, -0.2) is 46.8 Å². The molecule has 0 aliphatic carbocycles. The predicted octanol–water partition coefficient (Wildman–Crippen LogP) is -0.0118. The summed E-state index contributed by atoms with van der Waals surface area (Å²) in [6.07, 6.45) is 0.671. The molecule has 0 aromatic carbocycles. The molecular formula is C10H19NO3. The van der Waals surface area contributed by atoms with Crippen LogP contribution in [0.2, 0.25) is 0 Å². The Morgan fingerprint density at radius 3 is 2.36 bits per heavy atom. The fourth-order valence-electron chi connectivity index (χ4n) is 1.62. The zero-order chi connectivity index (χ0) is 10.8. The van der Waals surface area contributed by atoms with Crippen molar-refractivity contribution < 1.29 is 15.0 Å². The van der Waals surface area contributed by atoms with Crippen LogP contribution in [0.1, 0.15) is 26.7 Å². The second-order valence-corrected chi connectivity index (χ2v) is 4.69. The van der Waals surface area contributed by atoms with Crippen LogP contribution in [0.25, 0.3) is 0 Å². The fourth-order valence-corrected chi connectivity index (χ4v) is 1.62. The molecule has 14 heavy (non-hydrogen) atoms. The lowest BCUT2D eigenvalue weighted by Crippen LogP contribution is -2.46. The van der Waals surface area contributed by atoms with Gasteiger partial charge in [-0.15, -0.1) is 0 Å². The van der Waals surface area contributed by atoms with Gasteiger partial charge in [-0.05, 0) is 18.3 Å². The number of piperidine rings is 1. The zero-order valence-electron chi connectivity index (χ0n) is 8.86. The number of nitrogens with zero attached hydrogens (tertiary/aromatic N) is 1. The van der Waals surface area contributed by atoms with Crippen LogP contribution >= 0.6 is 0 Å². The Morgan fingerprint density at radius 1 is 1.43 bits per heavy atom. The number of carbonyl (C=O) groups excluding carboxylic acids is 1. The summed E-state index contributed by atoms with van der Waals surface area (Å²) in [5, 5.41) is 17.8. The Hall–Kier alpha value is -0.610. The maximum absolute atomic E-state index is 11.5. The van der Waals surface area contributed by atoms with Crippen molar-refractivity contribution >= 4 is 5.91 Å². The Labute approximate surface area is 84.5 Å². The van der Waals surface area contributed by atoms with Crippen molar-refractivity contribution in [3.8, 4) is 0 Å². The highest BCUT2D eigenvalue weighted by Gasteiger charge is 2.30. The van der Waals surface area contributed by atoms with E-state index in [1.54, 1.807) is 4.90 Å². The smallest absolute Gasteiger partial charge is 0.253 e. The van der Waals surface area contributed by atoms with Crippen molar-refractivity contribution in [2.45, 2.75) is 32.8 Å². The van der Waals surface area contributed by atoms with Gasteiger partial charge in [-0.3, -0.25) is 4.79 Å². The molecular weight excluding hydrogens is 182 g/mol. The van der Waals surface area contributed by atoms with E-state index in [9.17, 15) is 4.79 Å². The molecule has 1 unspecified atom stereocenters. The molecule has 4 nitrogen and oxygen atoms in total. The number of aliphatic hydroxyl groups is 2. The van der Waals surface area contributed by atoms with Crippen molar-refractivity contribution in [1.29, 1.82) is 0 Å². The normalized spacial score (nSPS) is 23.3. The van der Waals surface area contributed by atoms with E-state index in [4.69, 9.17) is 10.2 Å². The van der Waals surface area contributed by atoms with E-state index in [1.807, 2.05) is 0 Å². The van der Waals surface area contributed by atoms with Gasteiger partial charge in [0.25, 0.3) is 5.91 Å². The van der Waals surface area contributed by atoms with Crippen LogP contribution < -0.4 is 0 Å². The third-order valence-corrected chi connectivity index (χ3v) is 2.89. The van der Waals surface area contributed by atoms with E-state index < -0.39 is 12.7 Å². The maximum atomic E-state index is 11.5.